The van der Waals surface area contributed by atoms with Gasteiger partial charge in [0, 0.05) is 36.1 Å². The quantitative estimate of drug-likeness (QED) is 0.327. The number of hydrogen-bond donors (Lipinski definition) is 1. The van der Waals surface area contributed by atoms with Gasteiger partial charge in [-0.15, -0.1) is 11.3 Å². The van der Waals surface area contributed by atoms with Crippen LogP contribution in [0.1, 0.15) is 28.7 Å². The Morgan fingerprint density at radius 2 is 1.71 bits per heavy atom. The van der Waals surface area contributed by atoms with E-state index in [4.69, 9.17) is 4.74 Å². The first-order valence-corrected chi connectivity index (χ1v) is 12.5. The van der Waals surface area contributed by atoms with Crippen molar-refractivity contribution < 1.29 is 18.7 Å². The molecule has 0 spiro atoms. The van der Waals surface area contributed by atoms with Gasteiger partial charge >= 0.3 is 6.03 Å². The maximum Gasteiger partial charge on any atom is 0.322 e. The summed E-state index contributed by atoms with van der Waals surface area (Å²) in [7, 11) is 0. The number of amides is 3. The van der Waals surface area contributed by atoms with Crippen LogP contribution >= 0.6 is 11.3 Å². The SMILES string of the molecule is CCOCCCN(CC(=O)N(Cc1ccccc1)Cc1ccc(C)s1)C(=O)Nc1ccccc1F. The highest BCUT2D eigenvalue weighted by Crippen LogP contribution is 2.19. The minimum absolute atomic E-state index is 0.0787. The van der Waals surface area contributed by atoms with Crippen molar-refractivity contribution in [1.29, 1.82) is 0 Å². The Morgan fingerprint density at radius 1 is 0.971 bits per heavy atom. The molecule has 0 aliphatic rings. The highest BCUT2D eigenvalue weighted by atomic mass is 32.1. The lowest BCUT2D eigenvalue weighted by atomic mass is 10.2. The first kappa shape index (κ1) is 26.4. The van der Waals surface area contributed by atoms with E-state index in [9.17, 15) is 14.0 Å². The van der Waals surface area contributed by atoms with E-state index in [1.807, 2.05) is 56.3 Å². The second-order valence-corrected chi connectivity index (χ2v) is 9.50. The van der Waals surface area contributed by atoms with Crippen LogP contribution < -0.4 is 5.32 Å². The van der Waals surface area contributed by atoms with Crippen molar-refractivity contribution in [1.82, 2.24) is 9.80 Å². The van der Waals surface area contributed by atoms with Crippen molar-refractivity contribution in [3.05, 3.63) is 87.9 Å². The fourth-order valence-corrected chi connectivity index (χ4v) is 4.47. The standard InChI is InChI=1S/C27H32FN3O3S/c1-3-34-17-9-16-30(27(33)29-25-13-8-7-12-24(25)28)20-26(32)31(18-22-10-5-4-6-11-22)19-23-15-14-21(2)35-23/h4-8,10-15H,3,9,16-20H2,1-2H3,(H,29,33). The molecule has 2 aromatic carbocycles. The van der Waals surface area contributed by atoms with Crippen molar-refractivity contribution in [2.45, 2.75) is 33.4 Å². The highest BCUT2D eigenvalue weighted by molar-refractivity contribution is 7.11. The zero-order chi connectivity index (χ0) is 25.0. The van der Waals surface area contributed by atoms with Crippen LogP contribution in [0.5, 0.6) is 0 Å². The molecular weight excluding hydrogens is 465 g/mol. The summed E-state index contributed by atoms with van der Waals surface area (Å²) in [5.41, 5.74) is 1.09. The van der Waals surface area contributed by atoms with Crippen molar-refractivity contribution in [3.63, 3.8) is 0 Å². The molecule has 35 heavy (non-hydrogen) atoms. The third kappa shape index (κ3) is 8.49. The first-order chi connectivity index (χ1) is 17.0. The van der Waals surface area contributed by atoms with Gasteiger partial charge in [0.05, 0.1) is 12.2 Å². The van der Waals surface area contributed by atoms with Gasteiger partial charge in [0.1, 0.15) is 12.4 Å². The largest absolute Gasteiger partial charge is 0.382 e. The molecule has 0 bridgehead atoms. The number of urea groups is 1. The zero-order valence-electron chi connectivity index (χ0n) is 20.2. The Kier molecular flexibility index (Phi) is 10.3. The second kappa shape index (κ2) is 13.6. The second-order valence-electron chi connectivity index (χ2n) is 8.13. The van der Waals surface area contributed by atoms with Crippen LogP contribution in [-0.2, 0) is 22.6 Å². The number of hydrogen-bond acceptors (Lipinski definition) is 4. The molecule has 3 aromatic rings. The van der Waals surface area contributed by atoms with Crippen LogP contribution in [0.2, 0.25) is 0 Å². The minimum atomic E-state index is -0.528. The fourth-order valence-electron chi connectivity index (χ4n) is 3.57. The maximum absolute atomic E-state index is 14.1. The van der Waals surface area contributed by atoms with Gasteiger partial charge in [-0.3, -0.25) is 4.79 Å². The Hall–Kier alpha value is -3.23. The van der Waals surface area contributed by atoms with E-state index in [1.165, 1.54) is 21.9 Å². The van der Waals surface area contributed by atoms with E-state index in [0.29, 0.717) is 39.3 Å². The number of carbonyl (C=O) groups is 2. The number of benzene rings is 2. The first-order valence-electron chi connectivity index (χ1n) is 11.7. The average Bonchev–Trinajstić information content (AvgIpc) is 3.27. The molecule has 0 atom stereocenters. The summed E-state index contributed by atoms with van der Waals surface area (Å²) in [6.07, 6.45) is 0.564. The van der Waals surface area contributed by atoms with Gasteiger partial charge in [-0.1, -0.05) is 42.5 Å². The molecule has 6 nitrogen and oxygen atoms in total. The monoisotopic (exact) mass is 497 g/mol. The molecule has 0 fully saturated rings. The Morgan fingerprint density at radius 3 is 2.40 bits per heavy atom. The van der Waals surface area contributed by atoms with E-state index in [-0.39, 0.29) is 18.1 Å². The molecule has 8 heteroatoms. The predicted molar refractivity (Wildman–Crippen MR) is 138 cm³/mol. The average molecular weight is 498 g/mol. The van der Waals surface area contributed by atoms with Gasteiger partial charge < -0.3 is 19.9 Å². The van der Waals surface area contributed by atoms with Gasteiger partial charge in [-0.25, -0.2) is 9.18 Å². The number of anilines is 1. The van der Waals surface area contributed by atoms with Gasteiger partial charge in [0.2, 0.25) is 5.91 Å². The molecular formula is C27H32FN3O3S. The molecule has 1 aromatic heterocycles. The number of rotatable bonds is 12. The third-order valence-corrected chi connectivity index (χ3v) is 6.35. The topological polar surface area (TPSA) is 61.9 Å². The summed E-state index contributed by atoms with van der Waals surface area (Å²) in [6.45, 7) is 6.05. The van der Waals surface area contributed by atoms with Crippen molar-refractivity contribution in [2.24, 2.45) is 0 Å². The van der Waals surface area contributed by atoms with Crippen LogP contribution in [0.3, 0.4) is 0 Å². The summed E-state index contributed by atoms with van der Waals surface area (Å²) in [4.78, 5) is 32.0. The summed E-state index contributed by atoms with van der Waals surface area (Å²) >= 11 is 1.65. The van der Waals surface area contributed by atoms with E-state index in [1.54, 1.807) is 28.4 Å². The smallest absolute Gasteiger partial charge is 0.322 e. The normalized spacial score (nSPS) is 10.7. The molecule has 1 N–H and O–H groups in total. The lowest BCUT2D eigenvalue weighted by Crippen LogP contribution is -2.44. The van der Waals surface area contributed by atoms with Gasteiger partial charge in [0.25, 0.3) is 0 Å². The molecule has 0 aliphatic carbocycles. The molecule has 0 aliphatic heterocycles. The molecule has 0 saturated carbocycles. The molecule has 3 rings (SSSR count). The van der Waals surface area contributed by atoms with Crippen LogP contribution in [0.15, 0.2) is 66.7 Å². The van der Waals surface area contributed by atoms with Crippen molar-refractivity contribution >= 4 is 29.0 Å². The number of carbonyl (C=O) groups excluding carboxylic acids is 2. The Balaban J connectivity index is 1.75. The minimum Gasteiger partial charge on any atom is -0.382 e. The molecule has 3 amide bonds. The predicted octanol–water partition coefficient (Wildman–Crippen LogP) is 5.69. The lowest BCUT2D eigenvalue weighted by molar-refractivity contribution is -0.133. The molecule has 0 radical (unpaired) electrons. The number of para-hydroxylation sites is 1. The zero-order valence-corrected chi connectivity index (χ0v) is 21.0. The van der Waals surface area contributed by atoms with Crippen LogP contribution in [0, 0.1) is 12.7 Å². The summed E-state index contributed by atoms with van der Waals surface area (Å²) in [5.74, 6) is -0.708. The number of nitrogens with zero attached hydrogens (tertiary/aromatic N) is 2. The lowest BCUT2D eigenvalue weighted by Gasteiger charge is -2.28. The van der Waals surface area contributed by atoms with Crippen LogP contribution in [0.4, 0.5) is 14.9 Å². The van der Waals surface area contributed by atoms with E-state index in [2.05, 4.69) is 5.32 Å². The summed E-state index contributed by atoms with van der Waals surface area (Å²) in [6, 6.07) is 19.3. The van der Waals surface area contributed by atoms with Crippen LogP contribution in [-0.4, -0.2) is 48.0 Å². The molecule has 186 valence electrons. The summed E-state index contributed by atoms with van der Waals surface area (Å²) < 4.78 is 19.5. The van der Waals surface area contributed by atoms with Gasteiger partial charge in [-0.05, 0) is 50.1 Å². The van der Waals surface area contributed by atoms with E-state index >= 15 is 0 Å². The number of aryl methyl sites for hydroxylation is 1. The Labute approximate surface area is 210 Å². The summed E-state index contributed by atoms with van der Waals surface area (Å²) in [5, 5.41) is 2.60. The van der Waals surface area contributed by atoms with Crippen LogP contribution in [0.25, 0.3) is 0 Å². The molecule has 1 heterocycles. The van der Waals surface area contributed by atoms with Crippen molar-refractivity contribution in [3.8, 4) is 0 Å². The highest BCUT2D eigenvalue weighted by Gasteiger charge is 2.23. The van der Waals surface area contributed by atoms with E-state index in [0.717, 1.165) is 10.4 Å². The number of thiophene rings is 1. The maximum atomic E-state index is 14.1. The fraction of sp³-hybridized carbons (Fsp3) is 0.333. The molecule has 0 saturated heterocycles. The Bertz CT molecular complexity index is 1090. The van der Waals surface area contributed by atoms with E-state index < -0.39 is 11.8 Å². The van der Waals surface area contributed by atoms with Gasteiger partial charge in [0.15, 0.2) is 0 Å². The van der Waals surface area contributed by atoms with Gasteiger partial charge in [-0.2, -0.15) is 0 Å². The molecule has 0 unspecified atom stereocenters. The van der Waals surface area contributed by atoms with Crippen molar-refractivity contribution in [2.75, 3.05) is 31.6 Å². The number of halogens is 1. The number of nitrogens with one attached hydrogen (secondary N) is 1. The third-order valence-electron chi connectivity index (χ3n) is 5.36. The number of ether oxygens (including phenoxy) is 1.